The minimum atomic E-state index is 0.522. The molecule has 20 heavy (non-hydrogen) atoms. The highest BCUT2D eigenvalue weighted by Gasteiger charge is 2.30. The summed E-state index contributed by atoms with van der Waals surface area (Å²) in [5, 5.41) is 3.85. The quantitative estimate of drug-likeness (QED) is 0.462. The molecule has 0 aliphatic heterocycles. The molecule has 1 aliphatic carbocycles. The first-order chi connectivity index (χ1) is 9.81. The van der Waals surface area contributed by atoms with Crippen LogP contribution in [0, 0.1) is 5.41 Å². The lowest BCUT2D eigenvalue weighted by atomic mass is 9.77. The summed E-state index contributed by atoms with van der Waals surface area (Å²) in [5.41, 5.74) is 0.522. The van der Waals surface area contributed by atoms with Crippen LogP contribution in [-0.4, -0.2) is 11.1 Å². The van der Waals surface area contributed by atoms with E-state index < -0.39 is 0 Å². The molecule has 2 aromatic carbocycles. The van der Waals surface area contributed by atoms with Gasteiger partial charge in [0.15, 0.2) is 0 Å². The van der Waals surface area contributed by atoms with Crippen LogP contribution in [0.25, 0.3) is 10.8 Å². The molecule has 0 atom stereocenters. The zero-order valence-electron chi connectivity index (χ0n) is 11.8. The SMILES string of the molecule is BrCC1(CSc2ccc3ccccc3c2)CCCCC1. The molecule has 0 bridgehead atoms. The fourth-order valence-corrected chi connectivity index (χ4v) is 5.37. The van der Waals surface area contributed by atoms with Gasteiger partial charge in [-0.05, 0) is 41.2 Å². The van der Waals surface area contributed by atoms with Gasteiger partial charge in [0, 0.05) is 16.0 Å². The van der Waals surface area contributed by atoms with Gasteiger partial charge in [-0.2, -0.15) is 0 Å². The van der Waals surface area contributed by atoms with Crippen molar-refractivity contribution in [2.24, 2.45) is 5.41 Å². The van der Waals surface area contributed by atoms with Crippen LogP contribution < -0.4 is 0 Å². The first-order valence-corrected chi connectivity index (χ1v) is 9.60. The number of hydrogen-bond donors (Lipinski definition) is 0. The second-order valence-electron chi connectivity index (χ2n) is 5.99. The summed E-state index contributed by atoms with van der Waals surface area (Å²) in [5.74, 6) is 1.25. The molecule has 0 unspecified atom stereocenters. The second-order valence-corrected chi connectivity index (χ2v) is 7.60. The number of halogens is 1. The van der Waals surface area contributed by atoms with Gasteiger partial charge >= 0.3 is 0 Å². The molecule has 0 nitrogen and oxygen atoms in total. The lowest BCUT2D eigenvalue weighted by molar-refractivity contribution is 0.260. The molecule has 3 rings (SSSR count). The molecule has 2 heteroatoms. The number of fused-ring (bicyclic) bond motifs is 1. The van der Waals surface area contributed by atoms with Gasteiger partial charge in [-0.1, -0.05) is 65.5 Å². The summed E-state index contributed by atoms with van der Waals surface area (Å²) in [6.45, 7) is 0. The second kappa shape index (κ2) is 6.53. The maximum absolute atomic E-state index is 3.77. The van der Waals surface area contributed by atoms with Gasteiger partial charge in [0.2, 0.25) is 0 Å². The first-order valence-electron chi connectivity index (χ1n) is 7.49. The molecule has 1 aliphatic rings. The van der Waals surface area contributed by atoms with E-state index in [9.17, 15) is 0 Å². The molecule has 0 aromatic heterocycles. The monoisotopic (exact) mass is 348 g/mol. The zero-order valence-corrected chi connectivity index (χ0v) is 14.2. The van der Waals surface area contributed by atoms with Gasteiger partial charge in [-0.25, -0.2) is 0 Å². The minimum absolute atomic E-state index is 0.522. The summed E-state index contributed by atoms with van der Waals surface area (Å²) in [6.07, 6.45) is 7.01. The molecule has 1 fully saturated rings. The highest BCUT2D eigenvalue weighted by atomic mass is 79.9. The average Bonchev–Trinajstić information content (AvgIpc) is 2.54. The van der Waals surface area contributed by atoms with Crippen molar-refractivity contribution in [1.82, 2.24) is 0 Å². The molecule has 0 N–H and O–H groups in total. The Morgan fingerprint density at radius 3 is 2.45 bits per heavy atom. The normalized spacial score (nSPS) is 18.2. The van der Waals surface area contributed by atoms with Crippen molar-refractivity contribution in [2.45, 2.75) is 37.0 Å². The Balaban J connectivity index is 1.72. The van der Waals surface area contributed by atoms with Crippen molar-refractivity contribution in [3.63, 3.8) is 0 Å². The molecule has 1 saturated carbocycles. The van der Waals surface area contributed by atoms with Gasteiger partial charge in [0.05, 0.1) is 0 Å². The van der Waals surface area contributed by atoms with Gasteiger partial charge in [0.1, 0.15) is 0 Å². The fraction of sp³-hybridized carbons (Fsp3) is 0.444. The number of thioether (sulfide) groups is 1. The lowest BCUT2D eigenvalue weighted by Gasteiger charge is -2.35. The van der Waals surface area contributed by atoms with Crippen molar-refractivity contribution in [1.29, 1.82) is 0 Å². The first kappa shape index (κ1) is 14.5. The summed E-state index contributed by atoms with van der Waals surface area (Å²) in [6, 6.07) is 15.5. The zero-order chi connectivity index (χ0) is 13.8. The van der Waals surface area contributed by atoms with Crippen LogP contribution in [0.15, 0.2) is 47.4 Å². The van der Waals surface area contributed by atoms with E-state index >= 15 is 0 Å². The van der Waals surface area contributed by atoms with Gasteiger partial charge in [0.25, 0.3) is 0 Å². The third-order valence-corrected chi connectivity index (χ3v) is 7.00. The molecular weight excluding hydrogens is 328 g/mol. The van der Waals surface area contributed by atoms with Crippen LogP contribution >= 0.6 is 27.7 Å². The van der Waals surface area contributed by atoms with Crippen LogP contribution in [0.2, 0.25) is 0 Å². The number of hydrogen-bond acceptors (Lipinski definition) is 1. The predicted octanol–water partition coefficient (Wildman–Crippen LogP) is 6.28. The molecule has 2 aromatic rings. The lowest BCUT2D eigenvalue weighted by Crippen LogP contribution is -2.28. The van der Waals surface area contributed by atoms with Gasteiger partial charge in [-0.3, -0.25) is 0 Å². The third-order valence-electron chi connectivity index (χ3n) is 4.46. The van der Waals surface area contributed by atoms with Crippen LogP contribution in [0.4, 0.5) is 0 Å². The highest BCUT2D eigenvalue weighted by Crippen LogP contribution is 2.42. The summed E-state index contributed by atoms with van der Waals surface area (Å²) < 4.78 is 0. The molecular formula is C18H21BrS. The molecule has 0 saturated heterocycles. The molecule has 0 radical (unpaired) electrons. The average molecular weight is 349 g/mol. The third kappa shape index (κ3) is 3.23. The van der Waals surface area contributed by atoms with E-state index in [-0.39, 0.29) is 0 Å². The van der Waals surface area contributed by atoms with Crippen LogP contribution in [0.1, 0.15) is 32.1 Å². The Bertz CT molecular complexity index is 572. The Labute approximate surface area is 134 Å². The Kier molecular flexibility index (Phi) is 4.72. The summed E-state index contributed by atoms with van der Waals surface area (Å²) >= 11 is 5.80. The van der Waals surface area contributed by atoms with E-state index in [0.717, 1.165) is 5.33 Å². The number of rotatable bonds is 4. The van der Waals surface area contributed by atoms with Gasteiger partial charge in [-0.15, -0.1) is 11.8 Å². The molecule has 0 amide bonds. The van der Waals surface area contributed by atoms with Crippen LogP contribution in [0.3, 0.4) is 0 Å². The van der Waals surface area contributed by atoms with E-state index in [1.165, 1.54) is 53.5 Å². The molecule has 0 spiro atoms. The van der Waals surface area contributed by atoms with Crippen molar-refractivity contribution < 1.29 is 0 Å². The summed E-state index contributed by atoms with van der Waals surface area (Å²) in [4.78, 5) is 1.41. The van der Waals surface area contributed by atoms with Crippen LogP contribution in [0.5, 0.6) is 0 Å². The van der Waals surface area contributed by atoms with Crippen LogP contribution in [-0.2, 0) is 0 Å². The van der Waals surface area contributed by atoms with E-state index in [1.807, 2.05) is 11.8 Å². The largest absolute Gasteiger partial charge is 0.126 e. The van der Waals surface area contributed by atoms with Crippen molar-refractivity contribution in [2.75, 3.05) is 11.1 Å². The van der Waals surface area contributed by atoms with E-state index in [4.69, 9.17) is 0 Å². The Morgan fingerprint density at radius 1 is 0.950 bits per heavy atom. The van der Waals surface area contributed by atoms with E-state index in [0.29, 0.717) is 5.41 Å². The molecule has 0 heterocycles. The van der Waals surface area contributed by atoms with Crippen molar-refractivity contribution in [3.05, 3.63) is 42.5 Å². The predicted molar refractivity (Wildman–Crippen MR) is 94.0 cm³/mol. The van der Waals surface area contributed by atoms with E-state index in [1.54, 1.807) is 0 Å². The Morgan fingerprint density at radius 2 is 1.70 bits per heavy atom. The van der Waals surface area contributed by atoms with Crippen molar-refractivity contribution >= 4 is 38.5 Å². The highest BCUT2D eigenvalue weighted by molar-refractivity contribution is 9.09. The Hall–Kier alpha value is -0.470. The number of alkyl halides is 1. The molecule has 106 valence electrons. The smallest absolute Gasteiger partial charge is 0.00959 e. The maximum atomic E-state index is 3.77. The fourth-order valence-electron chi connectivity index (χ4n) is 3.11. The minimum Gasteiger partial charge on any atom is -0.126 e. The maximum Gasteiger partial charge on any atom is 0.00959 e. The topological polar surface area (TPSA) is 0 Å². The number of benzene rings is 2. The van der Waals surface area contributed by atoms with E-state index in [2.05, 4.69) is 58.4 Å². The van der Waals surface area contributed by atoms with Gasteiger partial charge < -0.3 is 0 Å². The van der Waals surface area contributed by atoms with Crippen molar-refractivity contribution in [3.8, 4) is 0 Å². The standard InChI is InChI=1S/C18H21BrS/c19-13-18(10-4-1-5-11-18)14-20-17-9-8-15-6-2-3-7-16(15)12-17/h2-3,6-9,12H,1,4-5,10-11,13-14H2. The summed E-state index contributed by atoms with van der Waals surface area (Å²) in [7, 11) is 0.